The molecule has 15 heavy (non-hydrogen) atoms. The van der Waals surface area contributed by atoms with E-state index < -0.39 is 6.10 Å². The second-order valence-electron chi connectivity index (χ2n) is 4.53. The molecule has 0 radical (unpaired) electrons. The number of aliphatic hydroxyl groups excluding tert-OH is 1. The number of rotatable bonds is 4. The molecular formula is C13H21NO. The molecule has 2 nitrogen and oxygen atoms in total. The van der Waals surface area contributed by atoms with Crippen LogP contribution in [0, 0.1) is 12.8 Å². The summed E-state index contributed by atoms with van der Waals surface area (Å²) in [5.74, 6) is 0.212. The predicted molar refractivity (Wildman–Crippen MR) is 63.7 cm³/mol. The van der Waals surface area contributed by atoms with Gasteiger partial charge >= 0.3 is 0 Å². The van der Waals surface area contributed by atoms with Gasteiger partial charge in [-0.3, -0.25) is 0 Å². The van der Waals surface area contributed by atoms with Crippen LogP contribution in [0.2, 0.25) is 0 Å². The molecule has 0 saturated heterocycles. The van der Waals surface area contributed by atoms with Crippen molar-refractivity contribution < 1.29 is 5.11 Å². The third-order valence-electron chi connectivity index (χ3n) is 2.84. The fraction of sp³-hybridized carbons (Fsp3) is 0.538. The van der Waals surface area contributed by atoms with Crippen LogP contribution < -0.4 is 5.73 Å². The molecule has 0 amide bonds. The number of hydrogen-bond donors (Lipinski definition) is 2. The van der Waals surface area contributed by atoms with Crippen molar-refractivity contribution in [2.24, 2.45) is 11.7 Å². The van der Waals surface area contributed by atoms with Crippen LogP contribution in [0.1, 0.15) is 25.0 Å². The average Bonchev–Trinajstić information content (AvgIpc) is 2.20. The van der Waals surface area contributed by atoms with Gasteiger partial charge in [-0.2, -0.15) is 0 Å². The van der Waals surface area contributed by atoms with Crippen LogP contribution in [0.3, 0.4) is 0 Å². The first kappa shape index (κ1) is 12.2. The Bertz CT molecular complexity index is 309. The molecule has 0 saturated carbocycles. The second-order valence-corrected chi connectivity index (χ2v) is 4.53. The van der Waals surface area contributed by atoms with Crippen molar-refractivity contribution in [3.8, 4) is 0 Å². The predicted octanol–water partition coefficient (Wildman–Crippen LogP) is 1.88. The molecule has 0 bridgehead atoms. The number of aliphatic hydroxyl groups is 1. The molecule has 0 aliphatic carbocycles. The SMILES string of the molecule is Cc1ccccc1CC(N)C(O)C(C)C. The van der Waals surface area contributed by atoms with Gasteiger partial charge in [-0.05, 0) is 30.4 Å². The van der Waals surface area contributed by atoms with Crippen molar-refractivity contribution in [1.82, 2.24) is 0 Å². The Hall–Kier alpha value is -0.860. The second kappa shape index (κ2) is 5.29. The van der Waals surface area contributed by atoms with Gasteiger partial charge in [0.2, 0.25) is 0 Å². The van der Waals surface area contributed by atoms with Gasteiger partial charge in [-0.15, -0.1) is 0 Å². The van der Waals surface area contributed by atoms with Crippen LogP contribution >= 0.6 is 0 Å². The highest BCUT2D eigenvalue weighted by Crippen LogP contribution is 2.13. The Morgan fingerprint density at radius 2 is 1.87 bits per heavy atom. The summed E-state index contributed by atoms with van der Waals surface area (Å²) in [6.45, 7) is 6.05. The van der Waals surface area contributed by atoms with Crippen LogP contribution in [-0.4, -0.2) is 17.3 Å². The van der Waals surface area contributed by atoms with Crippen LogP contribution in [0.5, 0.6) is 0 Å². The normalized spacial score (nSPS) is 15.3. The lowest BCUT2D eigenvalue weighted by Gasteiger charge is -2.22. The summed E-state index contributed by atoms with van der Waals surface area (Å²) < 4.78 is 0. The largest absolute Gasteiger partial charge is 0.391 e. The number of benzene rings is 1. The van der Waals surface area contributed by atoms with E-state index in [0.717, 1.165) is 6.42 Å². The lowest BCUT2D eigenvalue weighted by atomic mass is 9.93. The molecule has 2 unspecified atom stereocenters. The third-order valence-corrected chi connectivity index (χ3v) is 2.84. The van der Waals surface area contributed by atoms with Crippen molar-refractivity contribution in [3.05, 3.63) is 35.4 Å². The molecule has 1 aromatic carbocycles. The monoisotopic (exact) mass is 207 g/mol. The molecule has 0 aliphatic rings. The topological polar surface area (TPSA) is 46.2 Å². The zero-order valence-electron chi connectivity index (χ0n) is 9.77. The molecule has 0 fully saturated rings. The molecular weight excluding hydrogens is 186 g/mol. The van der Waals surface area contributed by atoms with E-state index in [2.05, 4.69) is 19.1 Å². The van der Waals surface area contributed by atoms with Crippen molar-refractivity contribution >= 4 is 0 Å². The maximum atomic E-state index is 9.82. The first-order valence-corrected chi connectivity index (χ1v) is 5.50. The summed E-state index contributed by atoms with van der Waals surface area (Å²) in [7, 11) is 0. The quantitative estimate of drug-likeness (QED) is 0.792. The van der Waals surface area contributed by atoms with Gasteiger partial charge in [0.05, 0.1) is 6.10 Å². The number of hydrogen-bond acceptors (Lipinski definition) is 2. The zero-order valence-corrected chi connectivity index (χ0v) is 9.77. The molecule has 0 heterocycles. The minimum atomic E-state index is -0.426. The van der Waals surface area contributed by atoms with Gasteiger partial charge in [-0.25, -0.2) is 0 Å². The number of aryl methyl sites for hydroxylation is 1. The standard InChI is InChI=1S/C13H21NO/c1-9(2)13(15)12(14)8-11-7-5-4-6-10(11)3/h4-7,9,12-13,15H,8,14H2,1-3H3. The minimum Gasteiger partial charge on any atom is -0.391 e. The fourth-order valence-corrected chi connectivity index (χ4v) is 1.71. The molecule has 0 aliphatic heterocycles. The van der Waals surface area contributed by atoms with Crippen LogP contribution in [-0.2, 0) is 6.42 Å². The first-order chi connectivity index (χ1) is 7.02. The summed E-state index contributed by atoms with van der Waals surface area (Å²) in [4.78, 5) is 0. The summed E-state index contributed by atoms with van der Waals surface area (Å²) in [5.41, 5.74) is 8.44. The fourth-order valence-electron chi connectivity index (χ4n) is 1.71. The van der Waals surface area contributed by atoms with Gasteiger partial charge in [0, 0.05) is 6.04 Å². The lowest BCUT2D eigenvalue weighted by Crippen LogP contribution is -2.40. The van der Waals surface area contributed by atoms with Gasteiger partial charge in [0.15, 0.2) is 0 Å². The van der Waals surface area contributed by atoms with E-state index in [1.54, 1.807) is 0 Å². The van der Waals surface area contributed by atoms with Crippen LogP contribution in [0.4, 0.5) is 0 Å². The van der Waals surface area contributed by atoms with E-state index in [0.29, 0.717) is 0 Å². The Morgan fingerprint density at radius 1 is 1.27 bits per heavy atom. The molecule has 3 N–H and O–H groups in total. The zero-order chi connectivity index (χ0) is 11.4. The van der Waals surface area contributed by atoms with Gasteiger partial charge < -0.3 is 10.8 Å². The maximum absolute atomic E-state index is 9.82. The molecule has 1 aromatic rings. The van der Waals surface area contributed by atoms with Crippen molar-refractivity contribution in [3.63, 3.8) is 0 Å². The van der Waals surface area contributed by atoms with Crippen molar-refractivity contribution in [2.75, 3.05) is 0 Å². The van der Waals surface area contributed by atoms with E-state index in [9.17, 15) is 5.11 Å². The van der Waals surface area contributed by atoms with Crippen molar-refractivity contribution in [1.29, 1.82) is 0 Å². The van der Waals surface area contributed by atoms with Gasteiger partial charge in [0.25, 0.3) is 0 Å². The molecule has 0 aromatic heterocycles. The summed E-state index contributed by atoms with van der Waals surface area (Å²) in [5, 5.41) is 9.82. The highest BCUT2D eigenvalue weighted by Gasteiger charge is 2.18. The molecule has 2 heteroatoms. The Balaban J connectivity index is 2.66. The molecule has 2 atom stereocenters. The van der Waals surface area contributed by atoms with E-state index >= 15 is 0 Å². The highest BCUT2D eigenvalue weighted by molar-refractivity contribution is 5.26. The van der Waals surface area contributed by atoms with E-state index in [-0.39, 0.29) is 12.0 Å². The summed E-state index contributed by atoms with van der Waals surface area (Å²) >= 11 is 0. The first-order valence-electron chi connectivity index (χ1n) is 5.50. The Labute approximate surface area is 92.1 Å². The Morgan fingerprint density at radius 3 is 2.40 bits per heavy atom. The summed E-state index contributed by atoms with van der Waals surface area (Å²) in [6.07, 6.45) is 0.316. The average molecular weight is 207 g/mol. The van der Waals surface area contributed by atoms with Crippen LogP contribution in [0.25, 0.3) is 0 Å². The van der Waals surface area contributed by atoms with E-state index in [4.69, 9.17) is 5.73 Å². The smallest absolute Gasteiger partial charge is 0.0717 e. The highest BCUT2D eigenvalue weighted by atomic mass is 16.3. The maximum Gasteiger partial charge on any atom is 0.0717 e. The van der Waals surface area contributed by atoms with Crippen molar-refractivity contribution in [2.45, 2.75) is 39.3 Å². The third kappa shape index (κ3) is 3.33. The van der Waals surface area contributed by atoms with Crippen LogP contribution in [0.15, 0.2) is 24.3 Å². The molecule has 0 spiro atoms. The van der Waals surface area contributed by atoms with E-state index in [1.165, 1.54) is 11.1 Å². The molecule has 1 rings (SSSR count). The Kier molecular flexibility index (Phi) is 4.30. The van der Waals surface area contributed by atoms with E-state index in [1.807, 2.05) is 26.0 Å². The minimum absolute atomic E-state index is 0.175. The lowest BCUT2D eigenvalue weighted by molar-refractivity contribution is 0.0978. The van der Waals surface area contributed by atoms with Gasteiger partial charge in [-0.1, -0.05) is 38.1 Å². The molecule has 84 valence electrons. The number of nitrogens with two attached hydrogens (primary N) is 1. The summed E-state index contributed by atoms with van der Waals surface area (Å²) in [6, 6.07) is 8.00. The van der Waals surface area contributed by atoms with Gasteiger partial charge in [0.1, 0.15) is 0 Å².